The van der Waals surface area contributed by atoms with Gasteiger partial charge in [0.05, 0.1) is 5.69 Å². The zero-order valence-electron chi connectivity index (χ0n) is 12.1. The Morgan fingerprint density at radius 2 is 2.05 bits per heavy atom. The molecule has 22 heavy (non-hydrogen) atoms. The standard InChI is InChI=1S/C15H15FN4O2/c1-9-12(7-17)14(21)20(2)15(22)13(9)8-18-19-11-5-3-10(16)4-6-11/h3-6,8,15,18-19,22H,1-2H3/b13-8-. The summed E-state index contributed by atoms with van der Waals surface area (Å²) in [5.41, 5.74) is 6.98. The SMILES string of the molecule is CC1=C(C#N)C(=O)N(C)C(O)/C1=C\NNc1ccc(F)cc1. The van der Waals surface area contributed by atoms with Crippen LogP contribution in [0.5, 0.6) is 0 Å². The number of nitrogens with zero attached hydrogens (tertiary/aromatic N) is 2. The lowest BCUT2D eigenvalue weighted by Gasteiger charge is -2.31. The average Bonchev–Trinajstić information content (AvgIpc) is 2.51. The van der Waals surface area contributed by atoms with Crippen LogP contribution in [0, 0.1) is 17.1 Å². The molecule has 1 aliphatic rings. The van der Waals surface area contributed by atoms with Crippen molar-refractivity contribution in [2.45, 2.75) is 13.2 Å². The molecule has 0 saturated heterocycles. The molecule has 0 bridgehead atoms. The molecule has 6 nitrogen and oxygen atoms in total. The molecule has 7 heteroatoms. The van der Waals surface area contributed by atoms with E-state index in [1.54, 1.807) is 6.92 Å². The summed E-state index contributed by atoms with van der Waals surface area (Å²) in [6.07, 6.45) is 0.316. The quantitative estimate of drug-likeness (QED) is 0.732. The molecule has 1 amide bonds. The van der Waals surface area contributed by atoms with Crippen molar-refractivity contribution in [3.63, 3.8) is 0 Å². The third-order valence-corrected chi connectivity index (χ3v) is 3.39. The van der Waals surface area contributed by atoms with Gasteiger partial charge in [-0.25, -0.2) is 4.39 Å². The first-order valence-corrected chi connectivity index (χ1v) is 6.49. The molecular formula is C15H15FN4O2. The molecule has 0 radical (unpaired) electrons. The highest BCUT2D eigenvalue weighted by molar-refractivity contribution is 6.00. The summed E-state index contributed by atoms with van der Waals surface area (Å²) in [6, 6.07) is 7.53. The van der Waals surface area contributed by atoms with Gasteiger partial charge in [-0.2, -0.15) is 5.26 Å². The Balaban J connectivity index is 2.19. The number of amides is 1. The Morgan fingerprint density at radius 3 is 2.64 bits per heavy atom. The predicted octanol–water partition coefficient (Wildman–Crippen LogP) is 1.26. The molecule has 1 atom stereocenters. The van der Waals surface area contributed by atoms with E-state index >= 15 is 0 Å². The van der Waals surface area contributed by atoms with Crippen molar-refractivity contribution >= 4 is 11.6 Å². The summed E-state index contributed by atoms with van der Waals surface area (Å²) < 4.78 is 12.8. The summed E-state index contributed by atoms with van der Waals surface area (Å²) in [5.74, 6) is -0.861. The van der Waals surface area contributed by atoms with Gasteiger partial charge in [0.25, 0.3) is 5.91 Å². The van der Waals surface area contributed by atoms with Crippen LogP contribution in [0.25, 0.3) is 0 Å². The number of aliphatic hydroxyl groups excluding tert-OH is 1. The van der Waals surface area contributed by atoms with Gasteiger partial charge in [0.1, 0.15) is 17.5 Å². The Hall–Kier alpha value is -2.85. The first-order valence-electron chi connectivity index (χ1n) is 6.49. The van der Waals surface area contributed by atoms with Crippen LogP contribution >= 0.6 is 0 Å². The highest BCUT2D eigenvalue weighted by Gasteiger charge is 2.32. The Kier molecular flexibility index (Phi) is 4.44. The van der Waals surface area contributed by atoms with Gasteiger partial charge in [0, 0.05) is 18.8 Å². The summed E-state index contributed by atoms with van der Waals surface area (Å²) in [4.78, 5) is 12.9. The largest absolute Gasteiger partial charge is 0.369 e. The Bertz CT molecular complexity index is 688. The Morgan fingerprint density at radius 1 is 1.41 bits per heavy atom. The highest BCUT2D eigenvalue weighted by atomic mass is 19.1. The van der Waals surface area contributed by atoms with Gasteiger partial charge in [-0.15, -0.1) is 0 Å². The number of benzene rings is 1. The third-order valence-electron chi connectivity index (χ3n) is 3.39. The maximum Gasteiger partial charge on any atom is 0.266 e. The molecule has 0 aromatic heterocycles. The van der Waals surface area contributed by atoms with Crippen LogP contribution in [-0.2, 0) is 4.79 Å². The van der Waals surface area contributed by atoms with Crippen LogP contribution in [0.15, 0.2) is 47.2 Å². The van der Waals surface area contributed by atoms with E-state index in [1.165, 1.54) is 37.5 Å². The van der Waals surface area contributed by atoms with Crippen LogP contribution in [0.4, 0.5) is 10.1 Å². The summed E-state index contributed by atoms with van der Waals surface area (Å²) in [6.45, 7) is 1.60. The molecule has 0 spiro atoms. The number of aliphatic hydroxyl groups is 1. The summed E-state index contributed by atoms with van der Waals surface area (Å²) in [5, 5.41) is 19.1. The van der Waals surface area contributed by atoms with Gasteiger partial charge in [0.2, 0.25) is 0 Å². The lowest BCUT2D eigenvalue weighted by atomic mass is 9.96. The number of anilines is 1. The third kappa shape index (κ3) is 2.92. The van der Waals surface area contributed by atoms with E-state index in [2.05, 4.69) is 10.9 Å². The second kappa shape index (κ2) is 6.28. The fraction of sp³-hybridized carbons (Fsp3) is 0.200. The van der Waals surface area contributed by atoms with Crippen molar-refractivity contribution in [1.82, 2.24) is 10.3 Å². The van der Waals surface area contributed by atoms with Crippen LogP contribution in [-0.4, -0.2) is 29.2 Å². The lowest BCUT2D eigenvalue weighted by Crippen LogP contribution is -2.43. The number of carbonyl (C=O) groups is 1. The van der Waals surface area contributed by atoms with E-state index < -0.39 is 12.1 Å². The minimum Gasteiger partial charge on any atom is -0.369 e. The van der Waals surface area contributed by atoms with Gasteiger partial charge in [-0.05, 0) is 36.8 Å². The molecule has 2 rings (SSSR count). The number of hydrazine groups is 1. The average molecular weight is 302 g/mol. The maximum atomic E-state index is 12.8. The number of halogens is 1. The zero-order chi connectivity index (χ0) is 16.3. The van der Waals surface area contributed by atoms with Gasteiger partial charge < -0.3 is 20.9 Å². The summed E-state index contributed by atoms with van der Waals surface area (Å²) >= 11 is 0. The molecule has 1 aliphatic heterocycles. The number of hydrogen-bond donors (Lipinski definition) is 3. The van der Waals surface area contributed by atoms with Gasteiger partial charge in [-0.3, -0.25) is 4.79 Å². The van der Waals surface area contributed by atoms with Crippen LogP contribution in [0.2, 0.25) is 0 Å². The van der Waals surface area contributed by atoms with Crippen molar-refractivity contribution in [2.24, 2.45) is 0 Å². The Labute approximate surface area is 127 Å². The van der Waals surface area contributed by atoms with Crippen LogP contribution < -0.4 is 10.9 Å². The van der Waals surface area contributed by atoms with E-state index in [-0.39, 0.29) is 11.4 Å². The molecule has 114 valence electrons. The van der Waals surface area contributed by atoms with E-state index in [1.807, 2.05) is 6.07 Å². The van der Waals surface area contributed by atoms with Crippen LogP contribution in [0.1, 0.15) is 6.92 Å². The second-order valence-corrected chi connectivity index (χ2v) is 4.78. The second-order valence-electron chi connectivity index (χ2n) is 4.78. The molecule has 1 aromatic carbocycles. The topological polar surface area (TPSA) is 88.4 Å². The molecule has 1 unspecified atom stereocenters. The molecule has 0 fully saturated rings. The number of hydrogen-bond acceptors (Lipinski definition) is 5. The minimum absolute atomic E-state index is 0.0115. The predicted molar refractivity (Wildman–Crippen MR) is 78.3 cm³/mol. The molecule has 1 aromatic rings. The lowest BCUT2D eigenvalue weighted by molar-refractivity contribution is -0.133. The van der Waals surface area contributed by atoms with Crippen molar-refractivity contribution in [2.75, 3.05) is 12.5 Å². The van der Waals surface area contributed by atoms with Crippen molar-refractivity contribution < 1.29 is 14.3 Å². The van der Waals surface area contributed by atoms with Crippen molar-refractivity contribution in [1.29, 1.82) is 5.26 Å². The normalized spacial score (nSPS) is 20.1. The van der Waals surface area contributed by atoms with Gasteiger partial charge in [-0.1, -0.05) is 0 Å². The number of likely N-dealkylation sites (N-methyl/N-ethyl adjacent to an activating group) is 1. The van der Waals surface area contributed by atoms with E-state index in [9.17, 15) is 14.3 Å². The number of carbonyl (C=O) groups excluding carboxylic acids is 1. The number of nitriles is 1. The molecule has 1 heterocycles. The first kappa shape index (κ1) is 15.5. The molecule has 0 aliphatic carbocycles. The monoisotopic (exact) mass is 302 g/mol. The molecule has 0 saturated carbocycles. The zero-order valence-corrected chi connectivity index (χ0v) is 12.1. The van der Waals surface area contributed by atoms with E-state index in [4.69, 9.17) is 5.26 Å². The van der Waals surface area contributed by atoms with Gasteiger partial charge >= 0.3 is 0 Å². The fourth-order valence-electron chi connectivity index (χ4n) is 2.04. The number of rotatable bonds is 3. The molecular weight excluding hydrogens is 287 g/mol. The van der Waals surface area contributed by atoms with E-state index in [0.717, 1.165) is 4.90 Å². The maximum absolute atomic E-state index is 12.8. The summed E-state index contributed by atoms with van der Waals surface area (Å²) in [7, 11) is 1.41. The molecule has 3 N–H and O–H groups in total. The highest BCUT2D eigenvalue weighted by Crippen LogP contribution is 2.26. The fourth-order valence-corrected chi connectivity index (χ4v) is 2.04. The van der Waals surface area contributed by atoms with Crippen LogP contribution in [0.3, 0.4) is 0 Å². The van der Waals surface area contributed by atoms with E-state index in [0.29, 0.717) is 16.8 Å². The van der Waals surface area contributed by atoms with Gasteiger partial charge in [0.15, 0.2) is 6.23 Å². The first-order chi connectivity index (χ1) is 10.5. The number of nitrogens with one attached hydrogen (secondary N) is 2. The minimum atomic E-state index is -1.15. The smallest absolute Gasteiger partial charge is 0.266 e. The van der Waals surface area contributed by atoms with Crippen molar-refractivity contribution in [3.05, 3.63) is 53.0 Å². The van der Waals surface area contributed by atoms with Crippen molar-refractivity contribution in [3.8, 4) is 6.07 Å².